The van der Waals surface area contributed by atoms with Crippen molar-refractivity contribution in [2.24, 2.45) is 17.6 Å². The molecule has 1 heterocycles. The van der Waals surface area contributed by atoms with E-state index in [0.717, 1.165) is 36.4 Å². The molecule has 1 aromatic rings. The second-order valence-electron chi connectivity index (χ2n) is 6.74. The van der Waals surface area contributed by atoms with Gasteiger partial charge in [-0.15, -0.1) is 0 Å². The van der Waals surface area contributed by atoms with E-state index < -0.39 is 0 Å². The maximum atomic E-state index is 5.96. The summed E-state index contributed by atoms with van der Waals surface area (Å²) in [5.74, 6) is 4.02. The zero-order valence-electron chi connectivity index (χ0n) is 12.6. The zero-order chi connectivity index (χ0) is 13.9. The molecule has 0 saturated heterocycles. The number of rotatable bonds is 4. The Morgan fingerprint density at radius 2 is 2.00 bits per heavy atom. The summed E-state index contributed by atoms with van der Waals surface area (Å²) in [6, 6.07) is 0.148. The number of aromatic nitrogens is 2. The molecule has 0 aliphatic heterocycles. The van der Waals surface area contributed by atoms with Crippen LogP contribution in [-0.2, 0) is 6.42 Å². The van der Waals surface area contributed by atoms with Crippen molar-refractivity contribution < 1.29 is 4.52 Å². The number of fused-ring (bicyclic) bond motifs is 1. The highest BCUT2D eigenvalue weighted by molar-refractivity contribution is 4.99. The molecule has 112 valence electrons. The van der Waals surface area contributed by atoms with Crippen LogP contribution in [0.5, 0.6) is 0 Å². The van der Waals surface area contributed by atoms with Gasteiger partial charge in [-0.05, 0) is 37.5 Å². The van der Waals surface area contributed by atoms with E-state index in [0.29, 0.717) is 5.92 Å². The predicted molar refractivity (Wildman–Crippen MR) is 78.3 cm³/mol. The minimum Gasteiger partial charge on any atom is -0.339 e. The lowest BCUT2D eigenvalue weighted by Gasteiger charge is -2.38. The molecule has 0 bridgehead atoms. The minimum atomic E-state index is 0.148. The third-order valence-corrected chi connectivity index (χ3v) is 5.34. The van der Waals surface area contributed by atoms with Crippen LogP contribution in [0.1, 0.15) is 75.9 Å². The van der Waals surface area contributed by atoms with E-state index in [2.05, 4.69) is 17.1 Å². The molecule has 4 heteroatoms. The second-order valence-corrected chi connectivity index (χ2v) is 6.74. The van der Waals surface area contributed by atoms with E-state index in [9.17, 15) is 0 Å². The van der Waals surface area contributed by atoms with Crippen LogP contribution in [0.3, 0.4) is 0 Å². The van der Waals surface area contributed by atoms with Gasteiger partial charge in [0.25, 0.3) is 0 Å². The molecule has 0 aromatic carbocycles. The fraction of sp³-hybridized carbons (Fsp3) is 0.875. The topological polar surface area (TPSA) is 64.9 Å². The Labute approximate surface area is 121 Å². The van der Waals surface area contributed by atoms with Crippen LogP contribution < -0.4 is 5.73 Å². The van der Waals surface area contributed by atoms with E-state index in [4.69, 9.17) is 10.3 Å². The lowest BCUT2D eigenvalue weighted by atomic mass is 9.67. The van der Waals surface area contributed by atoms with Crippen LogP contribution >= 0.6 is 0 Å². The quantitative estimate of drug-likeness (QED) is 0.915. The van der Waals surface area contributed by atoms with Gasteiger partial charge in [-0.25, -0.2) is 0 Å². The fourth-order valence-corrected chi connectivity index (χ4v) is 3.99. The number of nitrogens with zero attached hydrogens (tertiary/aromatic N) is 2. The van der Waals surface area contributed by atoms with Gasteiger partial charge in [0.2, 0.25) is 5.89 Å². The van der Waals surface area contributed by atoms with Crippen molar-refractivity contribution in [3.8, 4) is 0 Å². The lowest BCUT2D eigenvalue weighted by Crippen LogP contribution is -2.27. The zero-order valence-corrected chi connectivity index (χ0v) is 12.6. The minimum absolute atomic E-state index is 0.148. The van der Waals surface area contributed by atoms with Crippen molar-refractivity contribution >= 4 is 0 Å². The summed E-state index contributed by atoms with van der Waals surface area (Å²) in [7, 11) is 0. The summed E-state index contributed by atoms with van der Waals surface area (Å²) < 4.78 is 5.51. The van der Waals surface area contributed by atoms with Crippen molar-refractivity contribution in [2.75, 3.05) is 0 Å². The maximum absolute atomic E-state index is 5.96. The molecule has 0 spiro atoms. The SMILES string of the molecule is CCC(N)Cc1noc(C2CCC3CCCCC3C2)n1. The van der Waals surface area contributed by atoms with E-state index in [1.807, 2.05) is 0 Å². The van der Waals surface area contributed by atoms with Crippen LogP contribution in [0.15, 0.2) is 4.52 Å². The maximum Gasteiger partial charge on any atom is 0.229 e. The highest BCUT2D eigenvalue weighted by Crippen LogP contribution is 2.45. The molecule has 2 aliphatic rings. The van der Waals surface area contributed by atoms with Gasteiger partial charge in [0.15, 0.2) is 5.82 Å². The molecular weight excluding hydrogens is 250 g/mol. The molecule has 20 heavy (non-hydrogen) atoms. The normalized spacial score (nSPS) is 31.8. The molecule has 2 saturated carbocycles. The van der Waals surface area contributed by atoms with Gasteiger partial charge in [0.1, 0.15) is 0 Å². The molecule has 4 unspecified atom stereocenters. The Hall–Kier alpha value is -0.900. The van der Waals surface area contributed by atoms with Crippen LogP contribution in [0.2, 0.25) is 0 Å². The molecule has 0 radical (unpaired) electrons. The second kappa shape index (κ2) is 6.25. The van der Waals surface area contributed by atoms with Gasteiger partial charge in [-0.3, -0.25) is 0 Å². The highest BCUT2D eigenvalue weighted by Gasteiger charge is 2.34. The van der Waals surface area contributed by atoms with Gasteiger partial charge in [-0.2, -0.15) is 4.98 Å². The first-order chi connectivity index (χ1) is 9.76. The van der Waals surface area contributed by atoms with Crippen LogP contribution in [0.25, 0.3) is 0 Å². The number of hydrogen-bond donors (Lipinski definition) is 1. The molecule has 4 atom stereocenters. The van der Waals surface area contributed by atoms with Gasteiger partial charge in [0.05, 0.1) is 0 Å². The highest BCUT2D eigenvalue weighted by atomic mass is 16.5. The van der Waals surface area contributed by atoms with Crippen LogP contribution in [0.4, 0.5) is 0 Å². The fourth-order valence-electron chi connectivity index (χ4n) is 3.99. The third kappa shape index (κ3) is 3.05. The standard InChI is InChI=1S/C16H27N3O/c1-2-14(17)10-15-18-16(20-19-15)13-8-7-11-5-3-4-6-12(11)9-13/h11-14H,2-10,17H2,1H3. The molecule has 0 amide bonds. The number of hydrogen-bond acceptors (Lipinski definition) is 4. The van der Waals surface area contributed by atoms with E-state index in [-0.39, 0.29) is 6.04 Å². The summed E-state index contributed by atoms with van der Waals surface area (Å²) in [6.45, 7) is 2.09. The van der Waals surface area contributed by atoms with Crippen LogP contribution in [0, 0.1) is 11.8 Å². The predicted octanol–water partition coefficient (Wildman–Crippen LogP) is 3.42. The average Bonchev–Trinajstić information content (AvgIpc) is 2.95. The smallest absolute Gasteiger partial charge is 0.229 e. The first-order valence-corrected chi connectivity index (χ1v) is 8.34. The van der Waals surface area contributed by atoms with Crippen molar-refractivity contribution in [1.29, 1.82) is 0 Å². The van der Waals surface area contributed by atoms with E-state index in [1.165, 1.54) is 44.9 Å². The Morgan fingerprint density at radius 1 is 1.20 bits per heavy atom. The summed E-state index contributed by atoms with van der Waals surface area (Å²) in [6.07, 6.45) is 11.2. The molecule has 2 fully saturated rings. The molecule has 4 nitrogen and oxygen atoms in total. The Kier molecular flexibility index (Phi) is 4.39. The molecular formula is C16H27N3O. The Balaban J connectivity index is 1.61. The largest absolute Gasteiger partial charge is 0.339 e. The molecule has 2 N–H and O–H groups in total. The third-order valence-electron chi connectivity index (χ3n) is 5.34. The summed E-state index contributed by atoms with van der Waals surface area (Å²) in [5.41, 5.74) is 5.96. The summed E-state index contributed by atoms with van der Waals surface area (Å²) in [5, 5.41) is 4.12. The number of nitrogens with two attached hydrogens (primary N) is 1. The van der Waals surface area contributed by atoms with Crippen molar-refractivity contribution in [1.82, 2.24) is 10.1 Å². The lowest BCUT2D eigenvalue weighted by molar-refractivity contribution is 0.142. The first-order valence-electron chi connectivity index (χ1n) is 8.34. The van der Waals surface area contributed by atoms with Crippen LogP contribution in [-0.4, -0.2) is 16.2 Å². The van der Waals surface area contributed by atoms with Gasteiger partial charge >= 0.3 is 0 Å². The molecule has 3 rings (SSSR count). The van der Waals surface area contributed by atoms with Gasteiger partial charge in [-0.1, -0.05) is 37.8 Å². The monoisotopic (exact) mass is 277 g/mol. The Bertz CT molecular complexity index is 431. The van der Waals surface area contributed by atoms with Crippen molar-refractivity contribution in [3.05, 3.63) is 11.7 Å². The van der Waals surface area contributed by atoms with Gasteiger partial charge < -0.3 is 10.3 Å². The first kappa shape index (κ1) is 14.1. The van der Waals surface area contributed by atoms with E-state index in [1.54, 1.807) is 0 Å². The van der Waals surface area contributed by atoms with Crippen molar-refractivity contribution in [2.45, 2.75) is 76.7 Å². The average molecular weight is 277 g/mol. The Morgan fingerprint density at radius 3 is 2.80 bits per heavy atom. The van der Waals surface area contributed by atoms with Crippen molar-refractivity contribution in [3.63, 3.8) is 0 Å². The van der Waals surface area contributed by atoms with E-state index >= 15 is 0 Å². The molecule has 1 aromatic heterocycles. The molecule has 2 aliphatic carbocycles. The summed E-state index contributed by atoms with van der Waals surface area (Å²) >= 11 is 0. The summed E-state index contributed by atoms with van der Waals surface area (Å²) in [4.78, 5) is 4.60. The van der Waals surface area contributed by atoms with Gasteiger partial charge in [0, 0.05) is 18.4 Å².